The third-order valence-electron chi connectivity index (χ3n) is 3.33. The van der Waals surface area contributed by atoms with Crippen LogP contribution >= 0.6 is 11.8 Å². The summed E-state index contributed by atoms with van der Waals surface area (Å²) in [4.78, 5) is 4.36. The number of aliphatic imine (C=N–C) groups is 1. The number of rotatable bonds is 0. The average Bonchev–Trinajstić information content (AvgIpc) is 2.58. The lowest BCUT2D eigenvalue weighted by Crippen LogP contribution is -2.30. The SMILES string of the molecule is Fc1ccc2c(c1)N=CC21CCSCC1. The molecule has 0 unspecified atom stereocenters. The molecular formula is C12H12FNS. The zero-order chi connectivity index (χ0) is 10.3. The van der Waals surface area contributed by atoms with E-state index in [0.717, 1.165) is 18.5 Å². The van der Waals surface area contributed by atoms with Gasteiger partial charge in [-0.3, -0.25) is 4.99 Å². The van der Waals surface area contributed by atoms with Crippen LogP contribution < -0.4 is 0 Å². The van der Waals surface area contributed by atoms with Gasteiger partial charge in [-0.15, -0.1) is 0 Å². The molecule has 2 aliphatic heterocycles. The Balaban J connectivity index is 2.07. The Kier molecular flexibility index (Phi) is 2.09. The summed E-state index contributed by atoms with van der Waals surface area (Å²) in [6.07, 6.45) is 4.32. The molecule has 2 aliphatic rings. The maximum atomic E-state index is 13.0. The molecule has 3 heteroatoms. The van der Waals surface area contributed by atoms with Crippen LogP contribution in [-0.4, -0.2) is 17.7 Å². The number of hydrogen-bond donors (Lipinski definition) is 0. The van der Waals surface area contributed by atoms with Crippen molar-refractivity contribution < 1.29 is 4.39 Å². The van der Waals surface area contributed by atoms with Crippen LogP contribution in [0.5, 0.6) is 0 Å². The Morgan fingerprint density at radius 2 is 2.07 bits per heavy atom. The fourth-order valence-corrected chi connectivity index (χ4v) is 3.65. The maximum absolute atomic E-state index is 13.0. The van der Waals surface area contributed by atoms with Crippen LogP contribution in [-0.2, 0) is 5.41 Å². The van der Waals surface area contributed by atoms with Crippen molar-refractivity contribution in [3.63, 3.8) is 0 Å². The number of benzene rings is 1. The molecule has 0 saturated carbocycles. The molecule has 1 aromatic carbocycles. The van der Waals surface area contributed by atoms with E-state index >= 15 is 0 Å². The second-order valence-electron chi connectivity index (χ2n) is 4.19. The fourth-order valence-electron chi connectivity index (χ4n) is 2.43. The monoisotopic (exact) mass is 221 g/mol. The lowest BCUT2D eigenvalue weighted by Gasteiger charge is -2.31. The summed E-state index contributed by atoms with van der Waals surface area (Å²) in [6.45, 7) is 0. The van der Waals surface area contributed by atoms with Gasteiger partial charge < -0.3 is 0 Å². The van der Waals surface area contributed by atoms with Crippen molar-refractivity contribution in [2.75, 3.05) is 11.5 Å². The molecule has 0 N–H and O–H groups in total. The number of fused-ring (bicyclic) bond motifs is 2. The fraction of sp³-hybridized carbons (Fsp3) is 0.417. The van der Waals surface area contributed by atoms with Gasteiger partial charge in [-0.25, -0.2) is 4.39 Å². The van der Waals surface area contributed by atoms with Gasteiger partial charge in [0.2, 0.25) is 0 Å². The van der Waals surface area contributed by atoms with Crippen LogP contribution in [0.2, 0.25) is 0 Å². The number of thioether (sulfide) groups is 1. The highest BCUT2D eigenvalue weighted by atomic mass is 32.2. The first-order valence-electron chi connectivity index (χ1n) is 5.23. The summed E-state index contributed by atoms with van der Waals surface area (Å²) in [5.74, 6) is 2.18. The molecule has 78 valence electrons. The molecule has 1 spiro atoms. The second kappa shape index (κ2) is 3.34. The summed E-state index contributed by atoms with van der Waals surface area (Å²) < 4.78 is 13.0. The van der Waals surface area contributed by atoms with E-state index in [1.54, 1.807) is 12.1 Å². The molecule has 0 aromatic heterocycles. The predicted octanol–water partition coefficient (Wildman–Crippen LogP) is 3.31. The molecule has 3 rings (SSSR count). The molecule has 2 heterocycles. The van der Waals surface area contributed by atoms with E-state index in [0.29, 0.717) is 0 Å². The highest BCUT2D eigenvalue weighted by Gasteiger charge is 2.37. The zero-order valence-electron chi connectivity index (χ0n) is 8.37. The topological polar surface area (TPSA) is 12.4 Å². The van der Waals surface area contributed by atoms with E-state index in [-0.39, 0.29) is 11.2 Å². The summed E-state index contributed by atoms with van der Waals surface area (Å²) in [7, 11) is 0. The minimum Gasteiger partial charge on any atom is -0.260 e. The second-order valence-corrected chi connectivity index (χ2v) is 5.41. The standard InChI is InChI=1S/C12H12FNS/c13-9-1-2-10-11(7-9)14-8-12(10)3-5-15-6-4-12/h1-2,7-8H,3-6H2. The van der Waals surface area contributed by atoms with Gasteiger partial charge in [0.05, 0.1) is 5.69 Å². The first-order chi connectivity index (χ1) is 7.30. The summed E-state index contributed by atoms with van der Waals surface area (Å²) >= 11 is 2.00. The summed E-state index contributed by atoms with van der Waals surface area (Å²) in [5.41, 5.74) is 2.18. The van der Waals surface area contributed by atoms with Gasteiger partial charge in [0.15, 0.2) is 0 Å². The van der Waals surface area contributed by atoms with Crippen molar-refractivity contribution in [1.29, 1.82) is 0 Å². The van der Waals surface area contributed by atoms with Gasteiger partial charge in [0, 0.05) is 11.6 Å². The molecule has 0 radical (unpaired) electrons. The van der Waals surface area contributed by atoms with E-state index < -0.39 is 0 Å². The molecule has 1 nitrogen and oxygen atoms in total. The number of hydrogen-bond acceptors (Lipinski definition) is 2. The third kappa shape index (κ3) is 1.41. The predicted molar refractivity (Wildman–Crippen MR) is 62.8 cm³/mol. The normalized spacial score (nSPS) is 21.9. The van der Waals surface area contributed by atoms with Gasteiger partial charge >= 0.3 is 0 Å². The highest BCUT2D eigenvalue weighted by molar-refractivity contribution is 7.99. The van der Waals surface area contributed by atoms with E-state index in [4.69, 9.17) is 0 Å². The Morgan fingerprint density at radius 3 is 2.87 bits per heavy atom. The molecule has 15 heavy (non-hydrogen) atoms. The molecule has 1 aromatic rings. The van der Waals surface area contributed by atoms with Crippen molar-refractivity contribution in [1.82, 2.24) is 0 Å². The van der Waals surface area contributed by atoms with Crippen molar-refractivity contribution in [3.05, 3.63) is 29.6 Å². The van der Waals surface area contributed by atoms with Gasteiger partial charge in [-0.2, -0.15) is 11.8 Å². The van der Waals surface area contributed by atoms with E-state index in [2.05, 4.69) is 4.99 Å². The summed E-state index contributed by atoms with van der Waals surface area (Å²) in [5, 5.41) is 0. The van der Waals surface area contributed by atoms with Crippen molar-refractivity contribution in [3.8, 4) is 0 Å². The van der Waals surface area contributed by atoms with Gasteiger partial charge in [0.1, 0.15) is 5.82 Å². The minimum absolute atomic E-state index is 0.119. The Hall–Kier alpha value is -0.830. The van der Waals surface area contributed by atoms with Crippen LogP contribution in [0.3, 0.4) is 0 Å². The highest BCUT2D eigenvalue weighted by Crippen LogP contribution is 2.45. The molecular weight excluding hydrogens is 209 g/mol. The molecule has 0 aliphatic carbocycles. The number of nitrogens with zero attached hydrogens (tertiary/aromatic N) is 1. The largest absolute Gasteiger partial charge is 0.260 e. The Morgan fingerprint density at radius 1 is 1.27 bits per heavy atom. The van der Waals surface area contributed by atoms with E-state index in [9.17, 15) is 4.39 Å². The average molecular weight is 221 g/mol. The van der Waals surface area contributed by atoms with Crippen LogP contribution in [0.25, 0.3) is 0 Å². The van der Waals surface area contributed by atoms with Crippen LogP contribution in [0.15, 0.2) is 23.2 Å². The van der Waals surface area contributed by atoms with Gasteiger partial charge in [-0.05, 0) is 42.0 Å². The maximum Gasteiger partial charge on any atom is 0.125 e. The van der Waals surface area contributed by atoms with Crippen LogP contribution in [0, 0.1) is 5.82 Å². The van der Waals surface area contributed by atoms with E-state index in [1.165, 1.54) is 17.1 Å². The van der Waals surface area contributed by atoms with Gasteiger partial charge in [0.25, 0.3) is 0 Å². The molecule has 1 fully saturated rings. The lowest BCUT2D eigenvalue weighted by atomic mass is 9.77. The van der Waals surface area contributed by atoms with Crippen molar-refractivity contribution >= 4 is 23.7 Å². The zero-order valence-corrected chi connectivity index (χ0v) is 9.19. The third-order valence-corrected chi connectivity index (χ3v) is 4.32. The molecule has 0 bridgehead atoms. The van der Waals surface area contributed by atoms with Crippen LogP contribution in [0.4, 0.5) is 10.1 Å². The first kappa shape index (κ1) is 9.40. The molecule has 0 atom stereocenters. The van der Waals surface area contributed by atoms with Gasteiger partial charge in [-0.1, -0.05) is 6.07 Å². The summed E-state index contributed by atoms with van der Waals surface area (Å²) in [6, 6.07) is 5.01. The Labute approximate surface area is 92.8 Å². The smallest absolute Gasteiger partial charge is 0.125 e. The lowest BCUT2D eigenvalue weighted by molar-refractivity contribution is 0.549. The first-order valence-corrected chi connectivity index (χ1v) is 6.39. The van der Waals surface area contributed by atoms with E-state index in [1.807, 2.05) is 24.0 Å². The quantitative estimate of drug-likeness (QED) is 0.654. The minimum atomic E-state index is -0.187. The van der Waals surface area contributed by atoms with Crippen LogP contribution in [0.1, 0.15) is 18.4 Å². The van der Waals surface area contributed by atoms with Crippen molar-refractivity contribution in [2.24, 2.45) is 4.99 Å². The van der Waals surface area contributed by atoms with Crippen molar-refractivity contribution in [2.45, 2.75) is 18.3 Å². The Bertz CT molecular complexity index is 422. The number of halogens is 1. The molecule has 1 saturated heterocycles. The molecule has 0 amide bonds.